The molecule has 1 aliphatic heterocycles. The first kappa shape index (κ1) is 26.3. The van der Waals surface area contributed by atoms with Gasteiger partial charge in [-0.05, 0) is 54.4 Å². The van der Waals surface area contributed by atoms with Crippen LogP contribution in [-0.2, 0) is 15.0 Å². The molecule has 0 aliphatic carbocycles. The number of likely N-dealkylation sites (tertiary alicyclic amines) is 1. The van der Waals surface area contributed by atoms with Crippen LogP contribution in [-0.4, -0.2) is 65.0 Å². The van der Waals surface area contributed by atoms with E-state index in [0.29, 0.717) is 30.0 Å². The van der Waals surface area contributed by atoms with Gasteiger partial charge in [0.1, 0.15) is 17.3 Å². The zero-order valence-electron chi connectivity index (χ0n) is 21.5. The number of ketones is 1. The fraction of sp³-hybridized carbons (Fsp3) is 0.429. The largest absolute Gasteiger partial charge is 0.508 e. The molecule has 1 fully saturated rings. The van der Waals surface area contributed by atoms with E-state index in [1.165, 1.54) is 17.0 Å². The lowest BCUT2D eigenvalue weighted by Crippen LogP contribution is -2.38. The van der Waals surface area contributed by atoms with Crippen LogP contribution in [0.3, 0.4) is 0 Å². The van der Waals surface area contributed by atoms with E-state index in [-0.39, 0.29) is 22.5 Å². The van der Waals surface area contributed by atoms with Gasteiger partial charge in [0.05, 0.1) is 18.7 Å². The van der Waals surface area contributed by atoms with Crippen molar-refractivity contribution in [1.29, 1.82) is 0 Å². The van der Waals surface area contributed by atoms with Crippen LogP contribution in [0.2, 0.25) is 0 Å². The monoisotopic (exact) mass is 480 g/mol. The Morgan fingerprint density at radius 3 is 2.34 bits per heavy atom. The number of ether oxygens (including phenoxy) is 1. The first-order chi connectivity index (χ1) is 16.5. The molecule has 0 bridgehead atoms. The molecule has 1 unspecified atom stereocenters. The lowest BCUT2D eigenvalue weighted by Gasteiger charge is -2.28. The molecular formula is C28H36N2O5. The van der Waals surface area contributed by atoms with Crippen molar-refractivity contribution < 1.29 is 24.5 Å². The van der Waals surface area contributed by atoms with Crippen LogP contribution in [0.1, 0.15) is 57.4 Å². The van der Waals surface area contributed by atoms with Gasteiger partial charge >= 0.3 is 0 Å². The average molecular weight is 481 g/mol. The second-order valence-electron chi connectivity index (χ2n) is 9.78. The van der Waals surface area contributed by atoms with Crippen molar-refractivity contribution in [2.45, 2.75) is 46.1 Å². The highest BCUT2D eigenvalue weighted by Crippen LogP contribution is 2.41. The lowest BCUT2D eigenvalue weighted by molar-refractivity contribution is -0.140. The number of carbonyl (C=O) groups is 2. The van der Waals surface area contributed by atoms with Gasteiger partial charge in [0, 0.05) is 24.2 Å². The second-order valence-corrected chi connectivity index (χ2v) is 9.78. The van der Waals surface area contributed by atoms with E-state index in [4.69, 9.17) is 4.74 Å². The molecule has 1 amide bonds. The number of aromatic hydroxyl groups is 1. The number of likely N-dealkylation sites (N-methyl/N-ethyl adjacent to an activating group) is 1. The third-order valence-electron chi connectivity index (χ3n) is 6.56. The number of rotatable bonds is 8. The summed E-state index contributed by atoms with van der Waals surface area (Å²) in [5.41, 5.74) is 1.61. The normalized spacial score (nSPS) is 17.9. The molecule has 7 nitrogen and oxygen atoms in total. The highest BCUT2D eigenvalue weighted by atomic mass is 16.5. The summed E-state index contributed by atoms with van der Waals surface area (Å²) in [4.78, 5) is 30.1. The standard InChI is InChI=1S/C28H36N2O5/c1-7-29(8-2)14-15-30-24(18-10-9-11-20(31)16-18)23(26(33)27(30)34)25(32)19-12-13-22(35-6)21(17-19)28(3,4)5/h9-13,16-17,24,31-32H,7-8,14-15H2,1-6H3/b25-23-. The number of phenolic OH excluding ortho intramolecular Hbond substituents is 1. The summed E-state index contributed by atoms with van der Waals surface area (Å²) < 4.78 is 5.51. The van der Waals surface area contributed by atoms with Crippen molar-refractivity contribution in [3.05, 3.63) is 64.7 Å². The topological polar surface area (TPSA) is 90.3 Å². The Hall–Kier alpha value is -3.32. The number of benzene rings is 2. The molecule has 1 atom stereocenters. The number of Topliss-reactive ketones (excluding diaryl/α,β-unsaturated/α-hetero) is 1. The van der Waals surface area contributed by atoms with E-state index in [1.54, 1.807) is 37.4 Å². The SMILES string of the molecule is CCN(CC)CCN1C(=O)C(=O)/C(=C(\O)c2ccc(OC)c(C(C)(C)C)c2)C1c1cccc(O)c1. The number of phenols is 1. The summed E-state index contributed by atoms with van der Waals surface area (Å²) in [5, 5.41) is 21.5. The zero-order chi connectivity index (χ0) is 25.9. The van der Waals surface area contributed by atoms with E-state index in [2.05, 4.69) is 4.90 Å². The minimum atomic E-state index is -0.808. The number of carbonyl (C=O) groups excluding carboxylic acids is 2. The van der Waals surface area contributed by atoms with E-state index in [9.17, 15) is 19.8 Å². The molecule has 0 spiro atoms. The van der Waals surface area contributed by atoms with Crippen molar-refractivity contribution in [3.8, 4) is 11.5 Å². The molecule has 0 radical (unpaired) electrons. The van der Waals surface area contributed by atoms with Gasteiger partial charge in [-0.2, -0.15) is 0 Å². The molecule has 1 saturated heterocycles. The number of aliphatic hydroxyl groups excluding tert-OH is 1. The van der Waals surface area contributed by atoms with Crippen LogP contribution in [0.15, 0.2) is 48.0 Å². The number of hydrogen-bond acceptors (Lipinski definition) is 6. The molecule has 0 saturated carbocycles. The van der Waals surface area contributed by atoms with Gasteiger partial charge in [0.25, 0.3) is 11.7 Å². The van der Waals surface area contributed by atoms with E-state index in [0.717, 1.165) is 18.7 Å². The molecule has 2 aromatic carbocycles. The third-order valence-corrected chi connectivity index (χ3v) is 6.56. The minimum Gasteiger partial charge on any atom is -0.508 e. The van der Waals surface area contributed by atoms with Crippen LogP contribution in [0.4, 0.5) is 0 Å². The summed E-state index contributed by atoms with van der Waals surface area (Å²) >= 11 is 0. The molecule has 0 aromatic heterocycles. The Kier molecular flexibility index (Phi) is 7.90. The van der Waals surface area contributed by atoms with Crippen molar-refractivity contribution in [2.75, 3.05) is 33.3 Å². The number of nitrogens with zero attached hydrogens (tertiary/aromatic N) is 2. The Morgan fingerprint density at radius 1 is 1.09 bits per heavy atom. The summed E-state index contributed by atoms with van der Waals surface area (Å²) in [6, 6.07) is 10.9. The first-order valence-electron chi connectivity index (χ1n) is 12.0. The van der Waals surface area contributed by atoms with Crippen LogP contribution in [0.5, 0.6) is 11.5 Å². The number of amides is 1. The second kappa shape index (κ2) is 10.5. The molecule has 1 heterocycles. The van der Waals surface area contributed by atoms with Gasteiger partial charge in [-0.1, -0.05) is 46.8 Å². The highest BCUT2D eigenvalue weighted by molar-refractivity contribution is 6.46. The van der Waals surface area contributed by atoms with E-state index in [1.807, 2.05) is 34.6 Å². The predicted octanol–water partition coefficient (Wildman–Crippen LogP) is 4.46. The minimum absolute atomic E-state index is 0.0187. The maximum atomic E-state index is 13.3. The molecule has 2 aromatic rings. The molecule has 3 rings (SSSR count). The lowest BCUT2D eigenvalue weighted by atomic mass is 9.84. The molecule has 2 N–H and O–H groups in total. The van der Waals surface area contributed by atoms with Crippen LogP contribution < -0.4 is 4.74 Å². The van der Waals surface area contributed by atoms with Gasteiger partial charge in [-0.25, -0.2) is 0 Å². The predicted molar refractivity (Wildman–Crippen MR) is 137 cm³/mol. The van der Waals surface area contributed by atoms with Crippen molar-refractivity contribution >= 4 is 17.4 Å². The third kappa shape index (κ3) is 5.35. The van der Waals surface area contributed by atoms with Crippen LogP contribution >= 0.6 is 0 Å². The van der Waals surface area contributed by atoms with Crippen molar-refractivity contribution in [1.82, 2.24) is 9.80 Å². The Morgan fingerprint density at radius 2 is 1.77 bits per heavy atom. The van der Waals surface area contributed by atoms with Gasteiger partial charge in [-0.15, -0.1) is 0 Å². The smallest absolute Gasteiger partial charge is 0.295 e. The average Bonchev–Trinajstić information content (AvgIpc) is 3.08. The Labute approximate surface area is 207 Å². The quantitative estimate of drug-likeness (QED) is 0.329. The van der Waals surface area contributed by atoms with Gasteiger partial charge in [0.2, 0.25) is 0 Å². The van der Waals surface area contributed by atoms with Gasteiger partial charge in [-0.3, -0.25) is 9.59 Å². The fourth-order valence-corrected chi connectivity index (χ4v) is 4.54. The number of methoxy groups -OCH3 is 1. The van der Waals surface area contributed by atoms with Crippen molar-refractivity contribution in [3.63, 3.8) is 0 Å². The molecule has 1 aliphatic rings. The fourth-order valence-electron chi connectivity index (χ4n) is 4.54. The van der Waals surface area contributed by atoms with E-state index < -0.39 is 17.7 Å². The Bertz CT molecular complexity index is 1130. The van der Waals surface area contributed by atoms with Crippen LogP contribution in [0, 0.1) is 0 Å². The summed E-state index contributed by atoms with van der Waals surface area (Å²) in [6.07, 6.45) is 0. The molecule has 35 heavy (non-hydrogen) atoms. The molecule has 188 valence electrons. The van der Waals surface area contributed by atoms with Gasteiger partial charge < -0.3 is 24.7 Å². The van der Waals surface area contributed by atoms with Gasteiger partial charge in [0.15, 0.2) is 0 Å². The maximum Gasteiger partial charge on any atom is 0.295 e. The summed E-state index contributed by atoms with van der Waals surface area (Å²) in [5.74, 6) is -0.926. The molecular weight excluding hydrogens is 444 g/mol. The zero-order valence-corrected chi connectivity index (χ0v) is 21.5. The Balaban J connectivity index is 2.17. The highest BCUT2D eigenvalue weighted by Gasteiger charge is 2.46. The van der Waals surface area contributed by atoms with Crippen LogP contribution in [0.25, 0.3) is 5.76 Å². The summed E-state index contributed by atoms with van der Waals surface area (Å²) in [6.45, 7) is 12.7. The number of aliphatic hydroxyl groups is 1. The van der Waals surface area contributed by atoms with E-state index >= 15 is 0 Å². The van der Waals surface area contributed by atoms with Crippen molar-refractivity contribution in [2.24, 2.45) is 0 Å². The number of hydrogen-bond donors (Lipinski definition) is 2. The summed E-state index contributed by atoms with van der Waals surface area (Å²) in [7, 11) is 1.59. The first-order valence-corrected chi connectivity index (χ1v) is 12.0. The molecule has 7 heteroatoms. The maximum absolute atomic E-state index is 13.3.